The number of carbonyl (C=O) groups excluding carboxylic acids is 1. The van der Waals surface area contributed by atoms with Gasteiger partial charge in [0.1, 0.15) is 5.69 Å². The van der Waals surface area contributed by atoms with Gasteiger partial charge in [0.2, 0.25) is 0 Å². The van der Waals surface area contributed by atoms with Gasteiger partial charge in [0, 0.05) is 27.6 Å². The molecule has 4 rings (SSSR count). The Balaban J connectivity index is 1.58. The van der Waals surface area contributed by atoms with Crippen LogP contribution in [0.4, 0.5) is 0 Å². The SMILES string of the molecule is Cc1scc(C(=O)N/N=C/c2cn(Cc3ccccc3)nc2-c2ccccc2)c1C. The van der Waals surface area contributed by atoms with Gasteiger partial charge >= 0.3 is 0 Å². The van der Waals surface area contributed by atoms with Gasteiger partial charge in [-0.15, -0.1) is 11.3 Å². The van der Waals surface area contributed by atoms with Crippen LogP contribution >= 0.6 is 11.3 Å². The lowest BCUT2D eigenvalue weighted by Gasteiger charge is -2.01. The van der Waals surface area contributed by atoms with Crippen molar-refractivity contribution >= 4 is 23.5 Å². The maximum Gasteiger partial charge on any atom is 0.272 e. The number of hydrazone groups is 1. The van der Waals surface area contributed by atoms with Crippen LogP contribution in [0.15, 0.2) is 77.3 Å². The van der Waals surface area contributed by atoms with E-state index in [1.54, 1.807) is 17.6 Å². The molecule has 0 atom stereocenters. The lowest BCUT2D eigenvalue weighted by atomic mass is 10.1. The molecule has 2 aromatic heterocycles. The van der Waals surface area contributed by atoms with E-state index < -0.39 is 0 Å². The van der Waals surface area contributed by atoms with Crippen LogP contribution in [0.5, 0.6) is 0 Å². The van der Waals surface area contributed by atoms with E-state index in [0.717, 1.165) is 27.3 Å². The molecular weight excluding hydrogens is 392 g/mol. The molecule has 0 spiro atoms. The van der Waals surface area contributed by atoms with Crippen molar-refractivity contribution in [1.82, 2.24) is 15.2 Å². The molecule has 0 aliphatic carbocycles. The molecule has 0 unspecified atom stereocenters. The Bertz CT molecular complexity index is 1180. The van der Waals surface area contributed by atoms with Crippen LogP contribution in [-0.2, 0) is 6.54 Å². The molecule has 30 heavy (non-hydrogen) atoms. The first-order valence-corrected chi connectivity index (χ1v) is 10.5. The van der Waals surface area contributed by atoms with Crippen molar-refractivity contribution in [3.05, 3.63) is 99.4 Å². The van der Waals surface area contributed by atoms with Crippen LogP contribution in [0.1, 0.15) is 31.9 Å². The van der Waals surface area contributed by atoms with Crippen LogP contribution in [0, 0.1) is 13.8 Å². The van der Waals surface area contributed by atoms with Gasteiger partial charge in [-0.3, -0.25) is 9.48 Å². The molecule has 1 amide bonds. The van der Waals surface area contributed by atoms with Gasteiger partial charge < -0.3 is 0 Å². The summed E-state index contributed by atoms with van der Waals surface area (Å²) in [5, 5.41) is 10.8. The zero-order chi connectivity index (χ0) is 20.9. The van der Waals surface area contributed by atoms with Gasteiger partial charge in [-0.1, -0.05) is 60.7 Å². The molecule has 1 N–H and O–H groups in total. The number of carbonyl (C=O) groups is 1. The first-order chi connectivity index (χ1) is 14.6. The maximum absolute atomic E-state index is 12.4. The highest BCUT2D eigenvalue weighted by molar-refractivity contribution is 7.10. The van der Waals surface area contributed by atoms with Crippen LogP contribution in [0.2, 0.25) is 0 Å². The summed E-state index contributed by atoms with van der Waals surface area (Å²) in [5.74, 6) is -0.203. The number of benzene rings is 2. The zero-order valence-corrected chi connectivity index (χ0v) is 17.7. The minimum Gasteiger partial charge on any atom is -0.267 e. The van der Waals surface area contributed by atoms with E-state index in [0.29, 0.717) is 12.1 Å². The third-order valence-electron chi connectivity index (χ3n) is 4.92. The maximum atomic E-state index is 12.4. The van der Waals surface area contributed by atoms with Crippen molar-refractivity contribution in [3.63, 3.8) is 0 Å². The van der Waals surface area contributed by atoms with Gasteiger partial charge in [0.15, 0.2) is 0 Å². The van der Waals surface area contributed by atoms with Gasteiger partial charge in [-0.25, -0.2) is 5.43 Å². The fourth-order valence-corrected chi connectivity index (χ4v) is 4.03. The molecule has 0 saturated heterocycles. The number of hydrogen-bond acceptors (Lipinski definition) is 4. The number of rotatable bonds is 6. The molecule has 2 heterocycles. The van der Waals surface area contributed by atoms with Gasteiger partial charge in [0.25, 0.3) is 5.91 Å². The molecule has 6 heteroatoms. The van der Waals surface area contributed by atoms with Crippen LogP contribution < -0.4 is 5.43 Å². The van der Waals surface area contributed by atoms with Crippen molar-refractivity contribution < 1.29 is 4.79 Å². The Hall–Kier alpha value is -3.51. The highest BCUT2D eigenvalue weighted by Crippen LogP contribution is 2.22. The predicted octanol–water partition coefficient (Wildman–Crippen LogP) is 5.04. The number of hydrogen-bond donors (Lipinski definition) is 1. The number of amides is 1. The van der Waals surface area contributed by atoms with Crippen molar-refractivity contribution in [2.45, 2.75) is 20.4 Å². The Morgan fingerprint density at radius 3 is 2.47 bits per heavy atom. The molecule has 5 nitrogen and oxygen atoms in total. The van der Waals surface area contributed by atoms with E-state index in [9.17, 15) is 4.79 Å². The van der Waals surface area contributed by atoms with E-state index >= 15 is 0 Å². The van der Waals surface area contributed by atoms with Crippen molar-refractivity contribution in [2.24, 2.45) is 5.10 Å². The average Bonchev–Trinajstić information content (AvgIpc) is 3.32. The first kappa shape index (κ1) is 19.8. The number of thiophene rings is 1. The average molecular weight is 415 g/mol. The molecule has 150 valence electrons. The largest absolute Gasteiger partial charge is 0.272 e. The molecule has 0 radical (unpaired) electrons. The van der Waals surface area contributed by atoms with E-state index in [-0.39, 0.29) is 5.91 Å². The summed E-state index contributed by atoms with van der Waals surface area (Å²) in [6.07, 6.45) is 3.61. The molecule has 0 fully saturated rings. The fraction of sp³-hybridized carbons (Fsp3) is 0.125. The summed E-state index contributed by atoms with van der Waals surface area (Å²) in [5.41, 5.74) is 8.13. The standard InChI is InChI=1S/C24H22N4OS/c1-17-18(2)30-16-22(17)24(29)26-25-13-21-15-28(14-19-9-5-3-6-10-19)27-23(21)20-11-7-4-8-12-20/h3-13,15-16H,14H2,1-2H3,(H,26,29)/b25-13+. The molecule has 0 saturated carbocycles. The zero-order valence-electron chi connectivity index (χ0n) is 16.9. The first-order valence-electron chi connectivity index (χ1n) is 9.66. The second kappa shape index (κ2) is 8.88. The number of nitrogens with one attached hydrogen (secondary N) is 1. The summed E-state index contributed by atoms with van der Waals surface area (Å²) in [6, 6.07) is 20.2. The van der Waals surface area contributed by atoms with Gasteiger partial charge in [-0.2, -0.15) is 10.2 Å². The highest BCUT2D eigenvalue weighted by atomic mass is 32.1. The van der Waals surface area contributed by atoms with E-state index in [2.05, 4.69) is 22.7 Å². The van der Waals surface area contributed by atoms with Crippen molar-refractivity contribution in [1.29, 1.82) is 0 Å². The molecule has 0 aliphatic rings. The third kappa shape index (κ3) is 4.39. The molecule has 4 aromatic rings. The summed E-state index contributed by atoms with van der Waals surface area (Å²) >= 11 is 1.57. The fourth-order valence-electron chi connectivity index (χ4n) is 3.16. The van der Waals surface area contributed by atoms with Crippen LogP contribution in [0.3, 0.4) is 0 Å². The van der Waals surface area contributed by atoms with E-state index in [1.165, 1.54) is 5.56 Å². The normalized spacial score (nSPS) is 11.1. The second-order valence-corrected chi connectivity index (χ2v) is 8.10. The molecule has 0 aliphatic heterocycles. The third-order valence-corrected chi connectivity index (χ3v) is 5.94. The minimum atomic E-state index is -0.203. The lowest BCUT2D eigenvalue weighted by molar-refractivity contribution is 0.0955. The Kier molecular flexibility index (Phi) is 5.86. The summed E-state index contributed by atoms with van der Waals surface area (Å²) < 4.78 is 1.90. The Morgan fingerprint density at radius 2 is 1.80 bits per heavy atom. The van der Waals surface area contributed by atoms with Crippen molar-refractivity contribution in [3.8, 4) is 11.3 Å². The topological polar surface area (TPSA) is 59.3 Å². The van der Waals surface area contributed by atoms with Gasteiger partial charge in [0.05, 0.1) is 18.3 Å². The number of aromatic nitrogens is 2. The predicted molar refractivity (Wildman–Crippen MR) is 122 cm³/mol. The van der Waals surface area contributed by atoms with Crippen LogP contribution in [0.25, 0.3) is 11.3 Å². The highest BCUT2D eigenvalue weighted by Gasteiger charge is 2.13. The summed E-state index contributed by atoms with van der Waals surface area (Å²) in [7, 11) is 0. The van der Waals surface area contributed by atoms with Crippen LogP contribution in [-0.4, -0.2) is 21.9 Å². The number of nitrogens with zero attached hydrogens (tertiary/aromatic N) is 3. The van der Waals surface area contributed by atoms with Crippen molar-refractivity contribution in [2.75, 3.05) is 0 Å². The number of aryl methyl sites for hydroxylation is 1. The Labute approximate surface area is 179 Å². The monoisotopic (exact) mass is 414 g/mol. The second-order valence-electron chi connectivity index (χ2n) is 7.01. The summed E-state index contributed by atoms with van der Waals surface area (Å²) in [6.45, 7) is 4.62. The quantitative estimate of drug-likeness (QED) is 0.355. The van der Waals surface area contributed by atoms with E-state index in [4.69, 9.17) is 5.10 Å². The summed E-state index contributed by atoms with van der Waals surface area (Å²) in [4.78, 5) is 13.6. The van der Waals surface area contributed by atoms with Gasteiger partial charge in [-0.05, 0) is 25.0 Å². The molecule has 0 bridgehead atoms. The molecule has 2 aromatic carbocycles. The smallest absolute Gasteiger partial charge is 0.267 e. The lowest BCUT2D eigenvalue weighted by Crippen LogP contribution is -2.17. The Morgan fingerprint density at radius 1 is 1.10 bits per heavy atom. The van der Waals surface area contributed by atoms with E-state index in [1.807, 2.05) is 78.6 Å². The minimum absolute atomic E-state index is 0.203. The molecular formula is C24H22N4OS.